The minimum absolute atomic E-state index is 0.0648. The van der Waals surface area contributed by atoms with Gasteiger partial charge < -0.3 is 15.2 Å². The molecule has 0 saturated heterocycles. The summed E-state index contributed by atoms with van der Waals surface area (Å²) >= 11 is 0. The molecular weight excluding hydrogens is 282 g/mol. The van der Waals surface area contributed by atoms with Crippen molar-refractivity contribution in [3.8, 4) is 5.75 Å². The number of nitrogens with one attached hydrogen (secondary N) is 1. The third kappa shape index (κ3) is 4.00. The van der Waals surface area contributed by atoms with Crippen molar-refractivity contribution >= 4 is 11.9 Å². The molecule has 3 atom stereocenters. The monoisotopic (exact) mass is 305 g/mol. The fraction of sp³-hybridized carbons (Fsp3) is 0.529. The van der Waals surface area contributed by atoms with Crippen molar-refractivity contribution in [2.75, 3.05) is 6.61 Å². The molecule has 2 N–H and O–H groups in total. The molecule has 0 spiro atoms. The number of phenols is 1. The van der Waals surface area contributed by atoms with Gasteiger partial charge in [0.2, 0.25) is 0 Å². The van der Waals surface area contributed by atoms with Crippen molar-refractivity contribution in [3.63, 3.8) is 0 Å². The van der Waals surface area contributed by atoms with Crippen molar-refractivity contribution in [1.82, 2.24) is 5.32 Å². The summed E-state index contributed by atoms with van der Waals surface area (Å²) in [5.41, 5.74) is 0.0648. The molecule has 0 aromatic heterocycles. The molecule has 1 saturated carbocycles. The topological polar surface area (TPSA) is 75.6 Å². The summed E-state index contributed by atoms with van der Waals surface area (Å²) in [6.45, 7) is 4.01. The number of ether oxygens (including phenoxy) is 1. The van der Waals surface area contributed by atoms with Crippen LogP contribution in [0.1, 0.15) is 43.5 Å². The first kappa shape index (κ1) is 16.3. The summed E-state index contributed by atoms with van der Waals surface area (Å²) in [7, 11) is 0. The van der Waals surface area contributed by atoms with E-state index in [1.165, 1.54) is 18.6 Å². The Bertz CT molecular complexity index is 543. The van der Waals surface area contributed by atoms with Crippen LogP contribution in [0.25, 0.3) is 0 Å². The van der Waals surface area contributed by atoms with Gasteiger partial charge in [0.15, 0.2) is 6.61 Å². The van der Waals surface area contributed by atoms with Crippen molar-refractivity contribution in [2.45, 2.75) is 39.2 Å². The van der Waals surface area contributed by atoms with E-state index in [2.05, 4.69) is 19.2 Å². The molecule has 0 unspecified atom stereocenters. The summed E-state index contributed by atoms with van der Waals surface area (Å²) in [5.74, 6) is -0.134. The van der Waals surface area contributed by atoms with Crippen LogP contribution in [0.2, 0.25) is 0 Å². The van der Waals surface area contributed by atoms with Gasteiger partial charge in [0.05, 0.1) is 0 Å². The number of carbonyl (C=O) groups is 2. The van der Waals surface area contributed by atoms with Gasteiger partial charge in [-0.25, -0.2) is 4.79 Å². The second-order valence-electron chi connectivity index (χ2n) is 6.03. The molecule has 120 valence electrons. The van der Waals surface area contributed by atoms with Crippen LogP contribution >= 0.6 is 0 Å². The number of benzene rings is 1. The molecular formula is C17H23NO4. The van der Waals surface area contributed by atoms with Gasteiger partial charge in [-0.05, 0) is 30.4 Å². The molecule has 1 aliphatic carbocycles. The third-order valence-corrected chi connectivity index (χ3v) is 4.51. The smallest absolute Gasteiger partial charge is 0.342 e. The normalized spacial score (nSPS) is 24.5. The fourth-order valence-corrected chi connectivity index (χ4v) is 2.89. The molecule has 1 aliphatic rings. The first-order valence-electron chi connectivity index (χ1n) is 7.73. The average Bonchev–Trinajstić information content (AvgIpc) is 2.50. The highest BCUT2D eigenvalue weighted by Gasteiger charge is 2.28. The Balaban J connectivity index is 1.83. The van der Waals surface area contributed by atoms with Gasteiger partial charge in [0.25, 0.3) is 5.91 Å². The highest BCUT2D eigenvalue weighted by Crippen LogP contribution is 2.29. The molecule has 0 heterocycles. The maximum absolute atomic E-state index is 11.9. The number of phenolic OH excluding ortho intramolecular Hbond substituents is 1. The van der Waals surface area contributed by atoms with Gasteiger partial charge in [-0.3, -0.25) is 4.79 Å². The van der Waals surface area contributed by atoms with E-state index in [0.29, 0.717) is 11.8 Å². The predicted octanol–water partition coefficient (Wildman–Crippen LogP) is 2.49. The summed E-state index contributed by atoms with van der Waals surface area (Å²) < 4.78 is 4.96. The molecule has 0 radical (unpaired) electrons. The largest absolute Gasteiger partial charge is 0.507 e. The van der Waals surface area contributed by atoms with Gasteiger partial charge in [0.1, 0.15) is 11.3 Å². The van der Waals surface area contributed by atoms with Crippen molar-refractivity contribution in [1.29, 1.82) is 0 Å². The maximum Gasteiger partial charge on any atom is 0.342 e. The minimum atomic E-state index is -0.696. The minimum Gasteiger partial charge on any atom is -0.507 e. The zero-order valence-corrected chi connectivity index (χ0v) is 13.0. The Hall–Kier alpha value is -2.04. The summed E-state index contributed by atoms with van der Waals surface area (Å²) in [4.78, 5) is 23.7. The summed E-state index contributed by atoms with van der Waals surface area (Å²) in [6, 6.07) is 6.24. The van der Waals surface area contributed by atoms with Crippen LogP contribution in [0.15, 0.2) is 24.3 Å². The Morgan fingerprint density at radius 2 is 2.00 bits per heavy atom. The van der Waals surface area contributed by atoms with E-state index in [-0.39, 0.29) is 29.9 Å². The van der Waals surface area contributed by atoms with E-state index in [9.17, 15) is 14.7 Å². The molecule has 0 bridgehead atoms. The lowest BCUT2D eigenvalue weighted by atomic mass is 9.78. The van der Waals surface area contributed by atoms with E-state index in [1.807, 2.05) is 0 Å². The lowest BCUT2D eigenvalue weighted by molar-refractivity contribution is -0.125. The van der Waals surface area contributed by atoms with Crippen molar-refractivity contribution < 1.29 is 19.4 Å². The lowest BCUT2D eigenvalue weighted by Gasteiger charge is -2.34. The number of hydrogen-bond donors (Lipinski definition) is 2. The van der Waals surface area contributed by atoms with E-state index >= 15 is 0 Å². The molecule has 2 rings (SSSR count). The lowest BCUT2D eigenvalue weighted by Crippen LogP contribution is -2.45. The average molecular weight is 305 g/mol. The van der Waals surface area contributed by atoms with Crippen LogP contribution in [-0.4, -0.2) is 29.6 Å². The van der Waals surface area contributed by atoms with Gasteiger partial charge in [-0.15, -0.1) is 0 Å². The van der Waals surface area contributed by atoms with Crippen LogP contribution in [0.4, 0.5) is 0 Å². The van der Waals surface area contributed by atoms with Crippen molar-refractivity contribution in [2.24, 2.45) is 11.8 Å². The number of para-hydroxylation sites is 1. The zero-order valence-electron chi connectivity index (χ0n) is 13.0. The van der Waals surface area contributed by atoms with Crippen molar-refractivity contribution in [3.05, 3.63) is 29.8 Å². The number of esters is 1. The second-order valence-corrected chi connectivity index (χ2v) is 6.03. The molecule has 1 aromatic carbocycles. The summed E-state index contributed by atoms with van der Waals surface area (Å²) in [5, 5.41) is 12.5. The summed E-state index contributed by atoms with van der Waals surface area (Å²) in [6.07, 6.45) is 3.26. The second kappa shape index (κ2) is 7.29. The standard InChI is InChI=1S/C17H23NO4/c1-11-6-5-8-14(12(11)2)18-16(20)10-22-17(21)13-7-3-4-9-15(13)19/h3-4,7,9,11-12,14,19H,5-6,8,10H2,1-2H3,(H,18,20)/t11-,12+,14-/m0/s1. The molecule has 5 nitrogen and oxygen atoms in total. The highest BCUT2D eigenvalue weighted by atomic mass is 16.5. The highest BCUT2D eigenvalue weighted by molar-refractivity contribution is 5.93. The van der Waals surface area contributed by atoms with E-state index in [1.54, 1.807) is 12.1 Å². The van der Waals surface area contributed by atoms with Gasteiger partial charge in [-0.2, -0.15) is 0 Å². The molecule has 22 heavy (non-hydrogen) atoms. The van der Waals surface area contributed by atoms with Gasteiger partial charge in [-0.1, -0.05) is 38.8 Å². The van der Waals surface area contributed by atoms with E-state index in [4.69, 9.17) is 4.74 Å². The fourth-order valence-electron chi connectivity index (χ4n) is 2.89. The van der Waals surface area contributed by atoms with Crippen LogP contribution in [0, 0.1) is 11.8 Å². The molecule has 1 aromatic rings. The molecule has 1 amide bonds. The number of rotatable bonds is 4. The SMILES string of the molecule is C[C@H]1[C@@H](NC(=O)COC(=O)c2ccccc2O)CCC[C@@H]1C. The number of amides is 1. The quantitative estimate of drug-likeness (QED) is 0.838. The van der Waals surface area contributed by atoms with Crippen LogP contribution in [0.3, 0.4) is 0 Å². The van der Waals surface area contributed by atoms with E-state index in [0.717, 1.165) is 12.8 Å². The Morgan fingerprint density at radius 1 is 1.27 bits per heavy atom. The zero-order chi connectivity index (χ0) is 16.1. The maximum atomic E-state index is 11.9. The Labute approximate surface area is 130 Å². The number of hydrogen-bond acceptors (Lipinski definition) is 4. The first-order chi connectivity index (χ1) is 10.5. The third-order valence-electron chi connectivity index (χ3n) is 4.51. The number of carbonyl (C=O) groups excluding carboxylic acids is 2. The Morgan fingerprint density at radius 3 is 2.73 bits per heavy atom. The number of aromatic hydroxyl groups is 1. The van der Waals surface area contributed by atoms with E-state index < -0.39 is 5.97 Å². The Kier molecular flexibility index (Phi) is 5.41. The van der Waals surface area contributed by atoms with Gasteiger partial charge in [0, 0.05) is 6.04 Å². The first-order valence-corrected chi connectivity index (χ1v) is 7.73. The molecule has 5 heteroatoms. The molecule has 1 fully saturated rings. The predicted molar refractivity (Wildman–Crippen MR) is 82.5 cm³/mol. The van der Waals surface area contributed by atoms with Crippen LogP contribution in [-0.2, 0) is 9.53 Å². The van der Waals surface area contributed by atoms with Gasteiger partial charge >= 0.3 is 5.97 Å². The van der Waals surface area contributed by atoms with Crippen LogP contribution in [0.5, 0.6) is 5.75 Å². The van der Waals surface area contributed by atoms with Crippen LogP contribution < -0.4 is 5.32 Å². The molecule has 0 aliphatic heterocycles.